The molecule has 3 rings (SSSR count). The number of nitrogens with zero attached hydrogens (tertiary/aromatic N) is 2. The molecule has 1 heterocycles. The zero-order valence-electron chi connectivity index (χ0n) is 9.94. The Morgan fingerprint density at radius 2 is 1.89 bits per heavy atom. The predicted molar refractivity (Wildman–Crippen MR) is 75.3 cm³/mol. The Morgan fingerprint density at radius 3 is 2.50 bits per heavy atom. The Bertz CT molecular complexity index is 538. The molecule has 0 atom stereocenters. The van der Waals surface area contributed by atoms with Crippen molar-refractivity contribution in [2.45, 2.75) is 24.8 Å². The number of halogens is 1. The lowest BCUT2D eigenvalue weighted by Gasteiger charge is -2.43. The van der Waals surface area contributed by atoms with Crippen molar-refractivity contribution >= 4 is 21.9 Å². The molecular weight excluding hydrogens is 290 g/mol. The fourth-order valence-corrected chi connectivity index (χ4v) is 2.78. The SMILES string of the molecule is Brc1cccc(C2(Nc3ncccn3)CCC2)c1. The van der Waals surface area contributed by atoms with E-state index in [1.807, 2.05) is 6.07 Å². The average molecular weight is 304 g/mol. The third-order valence-corrected chi connectivity index (χ3v) is 3.99. The third kappa shape index (κ3) is 2.12. The lowest BCUT2D eigenvalue weighted by molar-refractivity contribution is 0.282. The van der Waals surface area contributed by atoms with Gasteiger partial charge in [-0.1, -0.05) is 28.1 Å². The summed E-state index contributed by atoms with van der Waals surface area (Å²) in [6, 6.07) is 10.3. The van der Waals surface area contributed by atoms with Crippen LogP contribution in [0.5, 0.6) is 0 Å². The van der Waals surface area contributed by atoms with Crippen LogP contribution in [-0.2, 0) is 5.54 Å². The standard InChI is InChI=1S/C14H14BrN3/c15-12-5-1-4-11(10-12)14(6-2-7-14)18-13-16-8-3-9-17-13/h1,3-5,8-10H,2,6-7H2,(H,16,17,18). The first kappa shape index (κ1) is 11.7. The second-order valence-corrected chi connectivity index (χ2v) is 5.56. The molecule has 3 nitrogen and oxygen atoms in total. The van der Waals surface area contributed by atoms with E-state index >= 15 is 0 Å². The summed E-state index contributed by atoms with van der Waals surface area (Å²) in [4.78, 5) is 8.52. The lowest BCUT2D eigenvalue weighted by Crippen LogP contribution is -2.42. The van der Waals surface area contributed by atoms with E-state index in [4.69, 9.17) is 0 Å². The zero-order valence-corrected chi connectivity index (χ0v) is 11.5. The summed E-state index contributed by atoms with van der Waals surface area (Å²) >= 11 is 3.53. The van der Waals surface area contributed by atoms with Crippen LogP contribution in [0.2, 0.25) is 0 Å². The maximum atomic E-state index is 4.26. The third-order valence-electron chi connectivity index (χ3n) is 3.50. The highest BCUT2D eigenvalue weighted by atomic mass is 79.9. The van der Waals surface area contributed by atoms with Crippen LogP contribution in [0.1, 0.15) is 24.8 Å². The van der Waals surface area contributed by atoms with E-state index in [1.165, 1.54) is 12.0 Å². The highest BCUT2D eigenvalue weighted by Gasteiger charge is 2.39. The Balaban J connectivity index is 1.91. The van der Waals surface area contributed by atoms with Crippen molar-refractivity contribution in [2.24, 2.45) is 0 Å². The minimum Gasteiger partial charge on any atom is -0.345 e. The second kappa shape index (κ2) is 4.69. The molecular formula is C14H14BrN3. The van der Waals surface area contributed by atoms with E-state index in [-0.39, 0.29) is 5.54 Å². The second-order valence-electron chi connectivity index (χ2n) is 4.64. The van der Waals surface area contributed by atoms with Gasteiger partial charge in [-0.25, -0.2) is 9.97 Å². The van der Waals surface area contributed by atoms with Gasteiger partial charge in [-0.2, -0.15) is 0 Å². The van der Waals surface area contributed by atoms with Crippen molar-refractivity contribution < 1.29 is 0 Å². The molecule has 0 bridgehead atoms. The molecule has 1 aromatic heterocycles. The van der Waals surface area contributed by atoms with Crippen LogP contribution in [0, 0.1) is 0 Å². The lowest BCUT2D eigenvalue weighted by atomic mass is 9.72. The molecule has 1 aromatic carbocycles. The van der Waals surface area contributed by atoms with Crippen molar-refractivity contribution in [3.8, 4) is 0 Å². The molecule has 0 radical (unpaired) electrons. The maximum absolute atomic E-state index is 4.26. The molecule has 2 aromatic rings. The fourth-order valence-electron chi connectivity index (χ4n) is 2.38. The number of aromatic nitrogens is 2. The summed E-state index contributed by atoms with van der Waals surface area (Å²) in [5, 5.41) is 3.49. The van der Waals surface area contributed by atoms with Gasteiger partial charge in [0, 0.05) is 16.9 Å². The van der Waals surface area contributed by atoms with Crippen molar-refractivity contribution in [2.75, 3.05) is 5.32 Å². The first-order valence-electron chi connectivity index (χ1n) is 6.10. The molecule has 18 heavy (non-hydrogen) atoms. The molecule has 1 aliphatic carbocycles. The van der Waals surface area contributed by atoms with E-state index < -0.39 is 0 Å². The molecule has 0 amide bonds. The van der Waals surface area contributed by atoms with Crippen LogP contribution >= 0.6 is 15.9 Å². The fraction of sp³-hybridized carbons (Fsp3) is 0.286. The summed E-state index contributed by atoms with van der Waals surface area (Å²) in [7, 11) is 0. The van der Waals surface area contributed by atoms with Gasteiger partial charge >= 0.3 is 0 Å². The quantitative estimate of drug-likeness (QED) is 0.939. The van der Waals surface area contributed by atoms with Crippen LogP contribution in [0.15, 0.2) is 47.2 Å². The first-order chi connectivity index (χ1) is 8.78. The van der Waals surface area contributed by atoms with E-state index in [9.17, 15) is 0 Å². The largest absolute Gasteiger partial charge is 0.345 e. The Hall–Kier alpha value is -1.42. The summed E-state index contributed by atoms with van der Waals surface area (Å²) in [5.41, 5.74) is 1.31. The Labute approximate surface area is 115 Å². The van der Waals surface area contributed by atoms with Crippen LogP contribution in [0.4, 0.5) is 5.95 Å². The van der Waals surface area contributed by atoms with Crippen molar-refractivity contribution in [3.05, 3.63) is 52.8 Å². The Kier molecular flexibility index (Phi) is 3.04. The zero-order chi connectivity index (χ0) is 12.4. The molecule has 1 aliphatic rings. The monoisotopic (exact) mass is 303 g/mol. The molecule has 1 saturated carbocycles. The number of anilines is 1. The van der Waals surface area contributed by atoms with Gasteiger partial charge in [-0.3, -0.25) is 0 Å². The van der Waals surface area contributed by atoms with Gasteiger partial charge in [0.25, 0.3) is 0 Å². The highest BCUT2D eigenvalue weighted by Crippen LogP contribution is 2.43. The van der Waals surface area contributed by atoms with Gasteiger partial charge < -0.3 is 5.32 Å². The smallest absolute Gasteiger partial charge is 0.223 e. The number of hydrogen-bond donors (Lipinski definition) is 1. The van der Waals surface area contributed by atoms with Gasteiger partial charge in [0.05, 0.1) is 5.54 Å². The number of rotatable bonds is 3. The van der Waals surface area contributed by atoms with Gasteiger partial charge in [0.15, 0.2) is 0 Å². The maximum Gasteiger partial charge on any atom is 0.223 e. The normalized spacial score (nSPS) is 16.9. The summed E-state index contributed by atoms with van der Waals surface area (Å²) in [6.45, 7) is 0. The highest BCUT2D eigenvalue weighted by molar-refractivity contribution is 9.10. The predicted octanol–water partition coefficient (Wildman–Crippen LogP) is 3.73. The van der Waals surface area contributed by atoms with Gasteiger partial charge in [-0.05, 0) is 43.0 Å². The summed E-state index contributed by atoms with van der Waals surface area (Å²) in [5.74, 6) is 0.706. The molecule has 1 N–H and O–H groups in total. The van der Waals surface area contributed by atoms with Crippen molar-refractivity contribution in [1.29, 1.82) is 0 Å². The minimum atomic E-state index is 0.00509. The molecule has 4 heteroatoms. The topological polar surface area (TPSA) is 37.8 Å². The molecule has 92 valence electrons. The number of nitrogens with one attached hydrogen (secondary N) is 1. The number of benzene rings is 1. The first-order valence-corrected chi connectivity index (χ1v) is 6.89. The van der Waals surface area contributed by atoms with E-state index in [0.717, 1.165) is 17.3 Å². The van der Waals surface area contributed by atoms with Gasteiger partial charge in [0.2, 0.25) is 5.95 Å². The molecule has 0 saturated heterocycles. The van der Waals surface area contributed by atoms with Crippen LogP contribution in [0.25, 0.3) is 0 Å². The van der Waals surface area contributed by atoms with E-state index in [0.29, 0.717) is 5.95 Å². The summed E-state index contributed by atoms with van der Waals surface area (Å²) in [6.07, 6.45) is 7.03. The van der Waals surface area contributed by atoms with Crippen molar-refractivity contribution in [1.82, 2.24) is 9.97 Å². The Morgan fingerprint density at radius 1 is 1.11 bits per heavy atom. The molecule has 0 aliphatic heterocycles. The number of hydrogen-bond acceptors (Lipinski definition) is 3. The average Bonchev–Trinajstić information content (AvgIpc) is 2.35. The summed E-state index contributed by atoms with van der Waals surface area (Å²) < 4.78 is 1.11. The van der Waals surface area contributed by atoms with Crippen LogP contribution in [0.3, 0.4) is 0 Å². The molecule has 0 unspecified atom stereocenters. The molecule has 1 fully saturated rings. The van der Waals surface area contributed by atoms with Crippen LogP contribution in [-0.4, -0.2) is 9.97 Å². The van der Waals surface area contributed by atoms with Crippen molar-refractivity contribution in [3.63, 3.8) is 0 Å². The molecule has 0 spiro atoms. The van der Waals surface area contributed by atoms with Gasteiger partial charge in [0.1, 0.15) is 0 Å². The minimum absolute atomic E-state index is 0.00509. The van der Waals surface area contributed by atoms with E-state index in [1.54, 1.807) is 12.4 Å². The van der Waals surface area contributed by atoms with Crippen LogP contribution < -0.4 is 5.32 Å². The van der Waals surface area contributed by atoms with Gasteiger partial charge in [-0.15, -0.1) is 0 Å². The van der Waals surface area contributed by atoms with E-state index in [2.05, 4.69) is 55.5 Å².